The van der Waals surface area contributed by atoms with E-state index in [2.05, 4.69) is 5.32 Å². The van der Waals surface area contributed by atoms with E-state index in [0.29, 0.717) is 6.42 Å². The van der Waals surface area contributed by atoms with Crippen LogP contribution in [-0.2, 0) is 25.2 Å². The van der Waals surface area contributed by atoms with Crippen molar-refractivity contribution in [2.45, 2.75) is 33.2 Å². The fourth-order valence-electron chi connectivity index (χ4n) is 0.379. The van der Waals surface area contributed by atoms with Crippen molar-refractivity contribution in [3.63, 3.8) is 0 Å². The van der Waals surface area contributed by atoms with Crippen LogP contribution in [0.4, 0.5) is 0 Å². The van der Waals surface area contributed by atoms with E-state index in [4.69, 9.17) is 0 Å². The third-order valence-corrected chi connectivity index (χ3v) is 0.705. The molecule has 0 aromatic carbocycles. The molecule has 0 rings (SSSR count). The number of carbonyl (C=O) groups is 1. The monoisotopic (exact) mass is 301 g/mol. The second-order valence-corrected chi connectivity index (χ2v) is 1.97. The summed E-state index contributed by atoms with van der Waals surface area (Å²) in [5.74, 6) is 0.000000000000000444. The van der Waals surface area contributed by atoms with Gasteiger partial charge in [-0.15, -0.1) is 6.04 Å². The minimum absolute atomic E-state index is 0. The van der Waals surface area contributed by atoms with Crippen LogP contribution in [0.5, 0.6) is 0 Å². The minimum atomic E-state index is 0. The predicted molar refractivity (Wildman–Crippen MR) is 33.8 cm³/mol. The molecular weight excluding hydrogens is 288 g/mol. The van der Waals surface area contributed by atoms with Gasteiger partial charge in [0, 0.05) is 20.4 Å². The second kappa shape index (κ2) is 6.26. The summed E-state index contributed by atoms with van der Waals surface area (Å²) in [6, 6.07) is 0.155. The summed E-state index contributed by atoms with van der Waals surface area (Å²) in [5, 5.41) is 3.76. The SMILES string of the molecule is CCC(=O)[N-]C(C)C.[Re]. The maximum Gasteiger partial charge on any atom is 0.0510 e. The van der Waals surface area contributed by atoms with Crippen LogP contribution in [0, 0.1) is 0 Å². The van der Waals surface area contributed by atoms with Crippen molar-refractivity contribution in [3.05, 3.63) is 5.32 Å². The molecule has 3 heteroatoms. The Kier molecular flexibility index (Phi) is 8.25. The molecule has 0 aliphatic heterocycles. The average molecular weight is 300 g/mol. The van der Waals surface area contributed by atoms with Gasteiger partial charge in [-0.05, 0) is 6.42 Å². The summed E-state index contributed by atoms with van der Waals surface area (Å²) in [6.07, 6.45) is 0.526. The maximum atomic E-state index is 10.5. The summed E-state index contributed by atoms with van der Waals surface area (Å²) in [7, 11) is 0. The normalized spacial score (nSPS) is 8.44. The Hall–Kier alpha value is 0.132. The maximum absolute atomic E-state index is 10.5. The molecule has 0 fully saturated rings. The van der Waals surface area contributed by atoms with Crippen LogP contribution in [0.15, 0.2) is 0 Å². The zero-order valence-corrected chi connectivity index (χ0v) is 8.73. The van der Waals surface area contributed by atoms with Crippen molar-refractivity contribution < 1.29 is 25.2 Å². The van der Waals surface area contributed by atoms with Crippen LogP contribution in [-0.4, -0.2) is 11.9 Å². The number of hydrogen-bond donors (Lipinski definition) is 0. The Morgan fingerprint density at radius 3 is 2.11 bits per heavy atom. The fourth-order valence-corrected chi connectivity index (χ4v) is 0.379. The van der Waals surface area contributed by atoms with Gasteiger partial charge in [0.2, 0.25) is 0 Å². The van der Waals surface area contributed by atoms with Gasteiger partial charge in [0.15, 0.2) is 0 Å². The van der Waals surface area contributed by atoms with E-state index in [9.17, 15) is 4.79 Å². The topological polar surface area (TPSA) is 31.2 Å². The number of amides is 1. The van der Waals surface area contributed by atoms with Crippen LogP contribution in [0.1, 0.15) is 27.2 Å². The zero-order valence-electron chi connectivity index (χ0n) is 6.02. The van der Waals surface area contributed by atoms with Gasteiger partial charge in [0.05, 0.1) is 5.91 Å². The van der Waals surface area contributed by atoms with E-state index >= 15 is 0 Å². The van der Waals surface area contributed by atoms with Gasteiger partial charge >= 0.3 is 0 Å². The molecule has 9 heavy (non-hydrogen) atoms. The first kappa shape index (κ1) is 11.9. The first-order valence-electron chi connectivity index (χ1n) is 2.90. The third-order valence-electron chi connectivity index (χ3n) is 0.705. The van der Waals surface area contributed by atoms with Gasteiger partial charge in [-0.1, -0.05) is 20.8 Å². The Bertz CT molecular complexity index is 83.1. The molecule has 1 amide bonds. The summed E-state index contributed by atoms with van der Waals surface area (Å²) in [6.45, 7) is 5.61. The molecule has 0 unspecified atom stereocenters. The summed E-state index contributed by atoms with van der Waals surface area (Å²) < 4.78 is 0. The van der Waals surface area contributed by atoms with E-state index in [1.165, 1.54) is 0 Å². The average Bonchev–Trinajstić information content (AvgIpc) is 1.65. The van der Waals surface area contributed by atoms with Crippen molar-refractivity contribution in [2.75, 3.05) is 0 Å². The van der Waals surface area contributed by atoms with Crippen LogP contribution in [0.25, 0.3) is 5.32 Å². The van der Waals surface area contributed by atoms with E-state index in [1.807, 2.05) is 20.8 Å². The Morgan fingerprint density at radius 1 is 1.56 bits per heavy atom. The molecule has 0 aromatic heterocycles. The van der Waals surface area contributed by atoms with Gasteiger partial charge in [-0.2, -0.15) is 0 Å². The van der Waals surface area contributed by atoms with Crippen molar-refractivity contribution in [1.82, 2.24) is 0 Å². The largest absolute Gasteiger partial charge is 0.651 e. The van der Waals surface area contributed by atoms with Crippen molar-refractivity contribution >= 4 is 5.91 Å². The molecule has 0 atom stereocenters. The number of rotatable bonds is 2. The third kappa shape index (κ3) is 8.13. The zero-order chi connectivity index (χ0) is 6.57. The molecule has 55 valence electrons. The van der Waals surface area contributed by atoms with Crippen LogP contribution in [0.2, 0.25) is 0 Å². The minimum Gasteiger partial charge on any atom is -0.651 e. The molecule has 0 bridgehead atoms. The quantitative estimate of drug-likeness (QED) is 0.764. The molecule has 0 aromatic rings. The summed E-state index contributed by atoms with van der Waals surface area (Å²) in [4.78, 5) is 10.5. The molecule has 2 nitrogen and oxygen atoms in total. The van der Waals surface area contributed by atoms with Crippen LogP contribution >= 0.6 is 0 Å². The smallest absolute Gasteiger partial charge is 0.0510 e. The van der Waals surface area contributed by atoms with Gasteiger partial charge < -0.3 is 10.1 Å². The van der Waals surface area contributed by atoms with Crippen molar-refractivity contribution in [1.29, 1.82) is 0 Å². The molecule has 0 aliphatic rings. The molecule has 0 saturated heterocycles. The van der Waals surface area contributed by atoms with E-state index in [0.717, 1.165) is 0 Å². The van der Waals surface area contributed by atoms with Crippen molar-refractivity contribution in [2.24, 2.45) is 0 Å². The number of carbonyl (C=O) groups excluding carboxylic acids is 1. The van der Waals surface area contributed by atoms with E-state index in [1.54, 1.807) is 0 Å². The van der Waals surface area contributed by atoms with Gasteiger partial charge in [0.1, 0.15) is 0 Å². The molecule has 0 aliphatic carbocycles. The molecular formula is C6H12NORe-. The van der Waals surface area contributed by atoms with Gasteiger partial charge in [-0.25, -0.2) is 0 Å². The Labute approximate surface area is 70.1 Å². The second-order valence-electron chi connectivity index (χ2n) is 1.97. The van der Waals surface area contributed by atoms with Crippen LogP contribution in [0.3, 0.4) is 0 Å². The first-order chi connectivity index (χ1) is 3.66. The standard InChI is InChI=1S/C6H13NO.Re/c1-4-6(8)7-5(2)3;/h5H,4H2,1-3H3,(H,7,8);/p-1. The van der Waals surface area contributed by atoms with Crippen molar-refractivity contribution in [3.8, 4) is 0 Å². The molecule has 0 saturated carbocycles. The predicted octanol–water partition coefficient (Wildman–Crippen LogP) is 1.70. The summed E-state index contributed by atoms with van der Waals surface area (Å²) >= 11 is 0. The Morgan fingerprint density at radius 2 is 2.00 bits per heavy atom. The molecule has 0 N–H and O–H groups in total. The first-order valence-corrected chi connectivity index (χ1v) is 2.90. The molecule has 1 radical (unpaired) electrons. The molecule has 0 spiro atoms. The number of hydrogen-bond acceptors (Lipinski definition) is 1. The molecule has 0 heterocycles. The number of nitrogens with zero attached hydrogens (tertiary/aromatic N) is 1. The van der Waals surface area contributed by atoms with Crippen LogP contribution < -0.4 is 0 Å². The van der Waals surface area contributed by atoms with Gasteiger partial charge in [-0.3, -0.25) is 0 Å². The fraction of sp³-hybridized carbons (Fsp3) is 0.833. The Balaban J connectivity index is 0. The van der Waals surface area contributed by atoms with E-state index < -0.39 is 0 Å². The summed E-state index contributed by atoms with van der Waals surface area (Å²) in [5.41, 5.74) is 0. The van der Waals surface area contributed by atoms with E-state index in [-0.39, 0.29) is 32.4 Å². The van der Waals surface area contributed by atoms with Gasteiger partial charge in [0.25, 0.3) is 0 Å².